The SMILES string of the molecule is O=C1CCCC2=C1[C@H](c1cccc(OCc3ccccc3)c1)n1ncnc1N2. The van der Waals surface area contributed by atoms with Crippen molar-refractivity contribution in [3.63, 3.8) is 0 Å². The van der Waals surface area contributed by atoms with Crippen LogP contribution in [0.4, 0.5) is 5.95 Å². The normalized spacial score (nSPS) is 18.3. The minimum Gasteiger partial charge on any atom is -0.489 e. The van der Waals surface area contributed by atoms with Crippen LogP contribution in [0, 0.1) is 0 Å². The third-order valence-corrected chi connectivity index (χ3v) is 5.23. The van der Waals surface area contributed by atoms with Crippen LogP contribution in [0.3, 0.4) is 0 Å². The summed E-state index contributed by atoms with van der Waals surface area (Å²) < 4.78 is 7.78. The van der Waals surface area contributed by atoms with Gasteiger partial charge in [-0.15, -0.1) is 0 Å². The Morgan fingerprint density at radius 1 is 1.11 bits per heavy atom. The van der Waals surface area contributed by atoms with E-state index in [0.717, 1.165) is 41.0 Å². The number of fused-ring (bicyclic) bond motifs is 1. The predicted molar refractivity (Wildman–Crippen MR) is 105 cm³/mol. The lowest BCUT2D eigenvalue weighted by molar-refractivity contribution is -0.116. The molecule has 0 unspecified atom stereocenters. The minimum atomic E-state index is -0.276. The Morgan fingerprint density at radius 3 is 2.89 bits per heavy atom. The highest BCUT2D eigenvalue weighted by Gasteiger charge is 2.36. The number of carbonyl (C=O) groups is 1. The molecule has 1 aliphatic heterocycles. The van der Waals surface area contributed by atoms with Gasteiger partial charge in [0.2, 0.25) is 5.95 Å². The van der Waals surface area contributed by atoms with E-state index < -0.39 is 0 Å². The van der Waals surface area contributed by atoms with Crippen molar-refractivity contribution in [2.45, 2.75) is 31.9 Å². The van der Waals surface area contributed by atoms with Gasteiger partial charge in [-0.1, -0.05) is 42.5 Å². The van der Waals surface area contributed by atoms with Crippen LogP contribution in [0.25, 0.3) is 0 Å². The zero-order valence-electron chi connectivity index (χ0n) is 15.3. The molecule has 2 heterocycles. The number of hydrogen-bond acceptors (Lipinski definition) is 5. The Balaban J connectivity index is 1.49. The second kappa shape index (κ2) is 6.96. The van der Waals surface area contributed by atoms with Gasteiger partial charge in [-0.25, -0.2) is 4.68 Å². The zero-order valence-corrected chi connectivity index (χ0v) is 15.3. The number of hydrogen-bond donors (Lipinski definition) is 1. The maximum atomic E-state index is 12.7. The average Bonchev–Trinajstić information content (AvgIpc) is 3.20. The first-order chi connectivity index (χ1) is 13.8. The molecule has 0 fully saturated rings. The summed E-state index contributed by atoms with van der Waals surface area (Å²) >= 11 is 0. The standard InChI is InChI=1S/C22H20N4O2/c27-19-11-5-10-18-20(19)21(26-22(25-18)23-14-24-26)16-8-4-9-17(12-16)28-13-15-6-2-1-3-7-15/h1-4,6-9,12,14,21H,5,10-11,13H2,(H,23,24,25)/t21-/m0/s1. The van der Waals surface area contributed by atoms with Crippen LogP contribution in [0.15, 0.2) is 72.2 Å². The highest BCUT2D eigenvalue weighted by molar-refractivity contribution is 5.99. The van der Waals surface area contributed by atoms with E-state index in [2.05, 4.69) is 15.4 Å². The number of Topliss-reactive ketones (excluding diaryl/α,β-unsaturated/α-hetero) is 1. The van der Waals surface area contributed by atoms with Gasteiger partial charge in [0.1, 0.15) is 24.7 Å². The number of nitrogens with zero attached hydrogens (tertiary/aromatic N) is 3. The summed E-state index contributed by atoms with van der Waals surface area (Å²) in [4.78, 5) is 17.1. The summed E-state index contributed by atoms with van der Waals surface area (Å²) in [6.07, 6.45) is 3.82. The van der Waals surface area contributed by atoms with E-state index in [4.69, 9.17) is 4.74 Å². The summed E-state index contributed by atoms with van der Waals surface area (Å²) in [5.74, 6) is 1.62. The molecule has 0 radical (unpaired) electrons. The van der Waals surface area contributed by atoms with Crippen molar-refractivity contribution in [3.8, 4) is 5.75 Å². The lowest BCUT2D eigenvalue weighted by Crippen LogP contribution is -2.31. The quantitative estimate of drug-likeness (QED) is 0.753. The first-order valence-corrected chi connectivity index (χ1v) is 9.49. The van der Waals surface area contributed by atoms with Gasteiger partial charge in [0, 0.05) is 17.7 Å². The van der Waals surface area contributed by atoms with Crippen LogP contribution >= 0.6 is 0 Å². The van der Waals surface area contributed by atoms with Crippen LogP contribution in [-0.2, 0) is 11.4 Å². The molecule has 28 heavy (non-hydrogen) atoms. The maximum absolute atomic E-state index is 12.7. The first-order valence-electron chi connectivity index (χ1n) is 9.49. The Hall–Kier alpha value is -3.41. The molecule has 0 spiro atoms. The second-order valence-corrected chi connectivity index (χ2v) is 7.07. The van der Waals surface area contributed by atoms with E-state index in [1.807, 2.05) is 54.6 Å². The van der Waals surface area contributed by atoms with Crippen molar-refractivity contribution in [3.05, 3.63) is 83.3 Å². The van der Waals surface area contributed by atoms with Gasteiger partial charge >= 0.3 is 0 Å². The van der Waals surface area contributed by atoms with Gasteiger partial charge in [0.25, 0.3) is 0 Å². The third-order valence-electron chi connectivity index (χ3n) is 5.23. The number of aromatic nitrogens is 3. The lowest BCUT2D eigenvalue weighted by Gasteiger charge is -2.32. The van der Waals surface area contributed by atoms with Crippen molar-refractivity contribution >= 4 is 11.7 Å². The summed E-state index contributed by atoms with van der Waals surface area (Å²) in [7, 11) is 0. The van der Waals surface area contributed by atoms with Gasteiger partial charge in [-0.05, 0) is 36.1 Å². The molecule has 3 aromatic rings. The molecule has 2 aliphatic rings. The molecular formula is C22H20N4O2. The number of ketones is 1. The third kappa shape index (κ3) is 2.97. The monoisotopic (exact) mass is 372 g/mol. The van der Waals surface area contributed by atoms with Gasteiger partial charge in [-0.3, -0.25) is 4.79 Å². The molecule has 140 valence electrons. The molecule has 6 nitrogen and oxygen atoms in total. The van der Waals surface area contributed by atoms with Crippen LogP contribution in [-0.4, -0.2) is 20.5 Å². The number of benzene rings is 2. The van der Waals surface area contributed by atoms with Gasteiger partial charge in [0.05, 0.1) is 0 Å². The van der Waals surface area contributed by atoms with Crippen molar-refractivity contribution < 1.29 is 9.53 Å². The molecule has 1 aliphatic carbocycles. The fraction of sp³-hybridized carbons (Fsp3) is 0.227. The molecule has 0 saturated heterocycles. The van der Waals surface area contributed by atoms with Gasteiger partial charge in [0.15, 0.2) is 5.78 Å². The number of rotatable bonds is 4. The smallest absolute Gasteiger partial charge is 0.226 e. The van der Waals surface area contributed by atoms with Crippen LogP contribution in [0.5, 0.6) is 5.75 Å². The minimum absolute atomic E-state index is 0.176. The topological polar surface area (TPSA) is 69.0 Å². The summed E-state index contributed by atoms with van der Waals surface area (Å²) in [5.41, 5.74) is 3.85. The van der Waals surface area contributed by atoms with Crippen molar-refractivity contribution in [1.82, 2.24) is 14.8 Å². The number of ether oxygens (including phenoxy) is 1. The highest BCUT2D eigenvalue weighted by Crippen LogP contribution is 2.40. The van der Waals surface area contributed by atoms with Gasteiger partial charge in [-0.2, -0.15) is 10.1 Å². The molecule has 0 bridgehead atoms. The largest absolute Gasteiger partial charge is 0.489 e. The average molecular weight is 372 g/mol. The Bertz CT molecular complexity index is 1060. The van der Waals surface area contributed by atoms with E-state index in [0.29, 0.717) is 19.0 Å². The van der Waals surface area contributed by atoms with Crippen LogP contribution in [0.2, 0.25) is 0 Å². The molecule has 0 amide bonds. The van der Waals surface area contributed by atoms with E-state index in [1.165, 1.54) is 6.33 Å². The second-order valence-electron chi connectivity index (χ2n) is 7.07. The Kier molecular flexibility index (Phi) is 4.16. The summed E-state index contributed by atoms with van der Waals surface area (Å²) in [5, 5.41) is 7.67. The molecule has 5 rings (SSSR count). The van der Waals surface area contributed by atoms with E-state index in [1.54, 1.807) is 4.68 Å². The van der Waals surface area contributed by atoms with E-state index in [9.17, 15) is 4.79 Å². The number of anilines is 1. The number of nitrogens with one attached hydrogen (secondary N) is 1. The first kappa shape index (κ1) is 16.7. The van der Waals surface area contributed by atoms with E-state index >= 15 is 0 Å². The van der Waals surface area contributed by atoms with Crippen LogP contribution in [0.1, 0.15) is 36.4 Å². The van der Waals surface area contributed by atoms with E-state index in [-0.39, 0.29) is 11.8 Å². The molecule has 0 saturated carbocycles. The molecule has 2 aromatic carbocycles. The van der Waals surface area contributed by atoms with Crippen molar-refractivity contribution in [1.29, 1.82) is 0 Å². The zero-order chi connectivity index (χ0) is 18.9. The highest BCUT2D eigenvalue weighted by atomic mass is 16.5. The molecule has 1 aromatic heterocycles. The Morgan fingerprint density at radius 2 is 2.00 bits per heavy atom. The fourth-order valence-corrected chi connectivity index (χ4v) is 3.92. The summed E-state index contributed by atoms with van der Waals surface area (Å²) in [6.45, 7) is 0.498. The molecule has 1 N–H and O–H groups in total. The molecular weight excluding hydrogens is 352 g/mol. The maximum Gasteiger partial charge on any atom is 0.226 e. The van der Waals surface area contributed by atoms with Crippen LogP contribution < -0.4 is 10.1 Å². The predicted octanol–water partition coefficient (Wildman–Crippen LogP) is 3.88. The Labute approximate surface area is 162 Å². The fourth-order valence-electron chi connectivity index (χ4n) is 3.92. The molecule has 6 heteroatoms. The van der Waals surface area contributed by atoms with Crippen molar-refractivity contribution in [2.75, 3.05) is 5.32 Å². The number of allylic oxidation sites excluding steroid dienone is 2. The van der Waals surface area contributed by atoms with Crippen molar-refractivity contribution in [2.24, 2.45) is 0 Å². The summed E-state index contributed by atoms with van der Waals surface area (Å²) in [6, 6.07) is 17.7. The number of carbonyl (C=O) groups excluding carboxylic acids is 1. The lowest BCUT2D eigenvalue weighted by atomic mass is 9.85. The molecule has 1 atom stereocenters. The van der Waals surface area contributed by atoms with Gasteiger partial charge < -0.3 is 10.1 Å².